The minimum atomic E-state index is -0.187. The summed E-state index contributed by atoms with van der Waals surface area (Å²) in [7, 11) is 0. The Labute approximate surface area is 166 Å². The summed E-state index contributed by atoms with van der Waals surface area (Å²) in [5, 5.41) is 13.9. The fourth-order valence-electron chi connectivity index (χ4n) is 2.30. The lowest BCUT2D eigenvalue weighted by Crippen LogP contribution is -2.21. The highest BCUT2D eigenvalue weighted by atomic mass is 32.2. The first-order valence-electron chi connectivity index (χ1n) is 8.60. The van der Waals surface area contributed by atoms with Gasteiger partial charge in [-0.25, -0.2) is 0 Å². The smallest absolute Gasteiger partial charge is 0.234 e. The molecule has 0 aliphatic rings. The molecule has 0 atom stereocenters. The van der Waals surface area contributed by atoms with E-state index in [9.17, 15) is 14.4 Å². The molecule has 2 amide bonds. The molecule has 0 unspecified atom stereocenters. The largest absolute Gasteiger partial charge is 0.325 e. The molecule has 2 N–H and O–H groups in total. The zero-order chi connectivity index (χ0) is 19.8. The second kappa shape index (κ2) is 10.2. The van der Waals surface area contributed by atoms with Crippen LogP contribution in [0.2, 0.25) is 0 Å². The molecule has 0 spiro atoms. The lowest BCUT2D eigenvalue weighted by Gasteiger charge is -2.09. The number of amides is 2. The summed E-state index contributed by atoms with van der Waals surface area (Å²) >= 11 is 2.50. The topological polar surface area (TPSA) is 101 Å². The van der Waals surface area contributed by atoms with Gasteiger partial charge in [0.25, 0.3) is 0 Å². The van der Waals surface area contributed by atoms with E-state index in [0.717, 1.165) is 12.8 Å². The van der Waals surface area contributed by atoms with Crippen molar-refractivity contribution in [3.05, 3.63) is 29.8 Å². The van der Waals surface area contributed by atoms with Crippen molar-refractivity contribution in [1.29, 1.82) is 0 Å². The molecule has 7 nitrogen and oxygen atoms in total. The minimum Gasteiger partial charge on any atom is -0.325 e. The highest BCUT2D eigenvalue weighted by Gasteiger charge is 2.16. The van der Waals surface area contributed by atoms with Gasteiger partial charge in [0, 0.05) is 17.2 Å². The van der Waals surface area contributed by atoms with E-state index in [4.69, 9.17) is 0 Å². The number of thioether (sulfide) groups is 1. The first-order valence-corrected chi connectivity index (χ1v) is 10.4. The molecule has 1 aromatic carbocycles. The summed E-state index contributed by atoms with van der Waals surface area (Å²) in [5.41, 5.74) is 1.22. The summed E-state index contributed by atoms with van der Waals surface area (Å²) in [6.45, 7) is 5.44. The fourth-order valence-corrected chi connectivity index (χ4v) is 3.85. The number of carbonyl (C=O) groups is 3. The molecule has 144 valence electrons. The van der Waals surface area contributed by atoms with Gasteiger partial charge in [0.05, 0.1) is 5.75 Å². The Morgan fingerprint density at radius 1 is 1.07 bits per heavy atom. The van der Waals surface area contributed by atoms with Crippen molar-refractivity contribution in [2.45, 2.75) is 38.0 Å². The summed E-state index contributed by atoms with van der Waals surface area (Å²) in [6.07, 6.45) is 1.55. The van der Waals surface area contributed by atoms with Crippen molar-refractivity contribution < 1.29 is 14.4 Å². The van der Waals surface area contributed by atoms with Crippen LogP contribution in [0.1, 0.15) is 44.0 Å². The molecule has 1 aromatic heterocycles. The predicted molar refractivity (Wildman–Crippen MR) is 108 cm³/mol. The van der Waals surface area contributed by atoms with Crippen LogP contribution in [-0.2, 0) is 9.59 Å². The van der Waals surface area contributed by atoms with Crippen molar-refractivity contribution in [2.75, 3.05) is 16.4 Å². The SMILES string of the molecule is CCC(CC)C(=O)Nc1nnc(SCC(=O)Nc2ccc(C(C)=O)cc2)s1. The maximum atomic E-state index is 12.1. The van der Waals surface area contributed by atoms with Crippen LogP contribution in [0.4, 0.5) is 10.8 Å². The van der Waals surface area contributed by atoms with E-state index in [1.165, 1.54) is 30.0 Å². The normalized spacial score (nSPS) is 10.7. The van der Waals surface area contributed by atoms with Crippen LogP contribution >= 0.6 is 23.1 Å². The maximum Gasteiger partial charge on any atom is 0.234 e. The van der Waals surface area contributed by atoms with Crippen molar-refractivity contribution in [2.24, 2.45) is 5.92 Å². The summed E-state index contributed by atoms with van der Waals surface area (Å²) < 4.78 is 0.608. The van der Waals surface area contributed by atoms with Crippen LogP contribution in [-0.4, -0.2) is 33.5 Å². The Morgan fingerprint density at radius 3 is 2.33 bits per heavy atom. The van der Waals surface area contributed by atoms with E-state index in [2.05, 4.69) is 20.8 Å². The molecule has 0 radical (unpaired) electrons. The predicted octanol–water partition coefficient (Wildman–Crippen LogP) is 3.85. The van der Waals surface area contributed by atoms with E-state index in [1.54, 1.807) is 24.3 Å². The highest BCUT2D eigenvalue weighted by Crippen LogP contribution is 2.26. The molecule has 0 fully saturated rings. The molecule has 2 rings (SSSR count). The number of ketones is 1. The first kappa shape index (κ1) is 21.0. The molecule has 27 heavy (non-hydrogen) atoms. The Balaban J connectivity index is 1.82. The molecule has 0 aliphatic carbocycles. The molecule has 1 heterocycles. The number of anilines is 2. The monoisotopic (exact) mass is 406 g/mol. The van der Waals surface area contributed by atoms with Gasteiger partial charge in [-0.15, -0.1) is 10.2 Å². The standard InChI is InChI=1S/C18H22N4O3S2/c1-4-12(5-2)16(25)20-17-21-22-18(27-17)26-10-15(24)19-14-8-6-13(7-9-14)11(3)23/h6-9,12H,4-5,10H2,1-3H3,(H,19,24)(H,20,21,25). The van der Waals surface area contributed by atoms with E-state index < -0.39 is 0 Å². The van der Waals surface area contributed by atoms with Crippen molar-refractivity contribution in [3.8, 4) is 0 Å². The average Bonchev–Trinajstić information content (AvgIpc) is 3.09. The van der Waals surface area contributed by atoms with Gasteiger partial charge in [-0.1, -0.05) is 36.9 Å². The third-order valence-electron chi connectivity index (χ3n) is 3.89. The lowest BCUT2D eigenvalue weighted by molar-refractivity contribution is -0.120. The van der Waals surface area contributed by atoms with E-state index in [-0.39, 0.29) is 29.3 Å². The van der Waals surface area contributed by atoms with Crippen LogP contribution in [0.25, 0.3) is 0 Å². The van der Waals surface area contributed by atoms with E-state index >= 15 is 0 Å². The van der Waals surface area contributed by atoms with Gasteiger partial charge in [-0.3, -0.25) is 14.4 Å². The fraction of sp³-hybridized carbons (Fsp3) is 0.389. The molecule has 0 saturated carbocycles. The van der Waals surface area contributed by atoms with Crippen LogP contribution in [0.5, 0.6) is 0 Å². The maximum absolute atomic E-state index is 12.1. The number of carbonyl (C=O) groups excluding carboxylic acids is 3. The number of nitrogens with one attached hydrogen (secondary N) is 2. The van der Waals surface area contributed by atoms with E-state index in [0.29, 0.717) is 20.7 Å². The zero-order valence-electron chi connectivity index (χ0n) is 15.4. The minimum absolute atomic E-state index is 0.0215. The molecule has 9 heteroatoms. The summed E-state index contributed by atoms with van der Waals surface area (Å²) in [5.74, 6) is -0.131. The van der Waals surface area contributed by atoms with Gasteiger partial charge in [0.1, 0.15) is 0 Å². The van der Waals surface area contributed by atoms with Crippen LogP contribution < -0.4 is 10.6 Å². The molecule has 0 saturated heterocycles. The number of hydrogen-bond acceptors (Lipinski definition) is 7. The Kier molecular flexibility index (Phi) is 7.93. The second-order valence-corrected chi connectivity index (χ2v) is 8.05. The summed E-state index contributed by atoms with van der Waals surface area (Å²) in [6, 6.07) is 6.72. The molecule has 2 aromatic rings. The third-order valence-corrected chi connectivity index (χ3v) is 5.87. The Bertz CT molecular complexity index is 801. The molecule has 0 aliphatic heterocycles. The van der Waals surface area contributed by atoms with Gasteiger partial charge in [-0.05, 0) is 44.0 Å². The highest BCUT2D eigenvalue weighted by molar-refractivity contribution is 8.01. The Morgan fingerprint density at radius 2 is 1.74 bits per heavy atom. The summed E-state index contributed by atoms with van der Waals surface area (Å²) in [4.78, 5) is 35.3. The number of benzene rings is 1. The molecular weight excluding hydrogens is 384 g/mol. The van der Waals surface area contributed by atoms with E-state index in [1.807, 2.05) is 13.8 Å². The number of aromatic nitrogens is 2. The number of nitrogens with zero attached hydrogens (tertiary/aromatic N) is 2. The van der Waals surface area contributed by atoms with Gasteiger partial charge in [-0.2, -0.15) is 0 Å². The van der Waals surface area contributed by atoms with Gasteiger partial charge in [0.2, 0.25) is 16.9 Å². The van der Waals surface area contributed by atoms with Crippen molar-refractivity contribution in [3.63, 3.8) is 0 Å². The van der Waals surface area contributed by atoms with Crippen molar-refractivity contribution >= 4 is 51.5 Å². The van der Waals surface area contributed by atoms with Crippen LogP contribution in [0.15, 0.2) is 28.6 Å². The van der Waals surface area contributed by atoms with Crippen LogP contribution in [0, 0.1) is 5.92 Å². The van der Waals surface area contributed by atoms with Gasteiger partial charge < -0.3 is 10.6 Å². The lowest BCUT2D eigenvalue weighted by atomic mass is 10.0. The number of hydrogen-bond donors (Lipinski definition) is 2. The molecular formula is C18H22N4O3S2. The Hall–Kier alpha value is -2.26. The zero-order valence-corrected chi connectivity index (χ0v) is 17.1. The van der Waals surface area contributed by atoms with Gasteiger partial charge >= 0.3 is 0 Å². The van der Waals surface area contributed by atoms with Gasteiger partial charge in [0.15, 0.2) is 10.1 Å². The average molecular weight is 407 g/mol. The number of rotatable bonds is 9. The quantitative estimate of drug-likeness (QED) is 0.373. The van der Waals surface area contributed by atoms with Crippen molar-refractivity contribution in [1.82, 2.24) is 10.2 Å². The number of Topliss-reactive ketones (excluding diaryl/α,β-unsaturated/α-hetero) is 1. The third kappa shape index (κ3) is 6.44. The first-order chi connectivity index (χ1) is 12.9. The molecule has 0 bridgehead atoms. The van der Waals surface area contributed by atoms with Crippen LogP contribution in [0.3, 0.4) is 0 Å². The second-order valence-electron chi connectivity index (χ2n) is 5.85.